The van der Waals surface area contributed by atoms with E-state index in [4.69, 9.17) is 0 Å². The van der Waals surface area contributed by atoms with Gasteiger partial charge in [0, 0.05) is 0 Å². The second-order valence-electron chi connectivity index (χ2n) is 4.44. The van der Waals surface area contributed by atoms with Crippen LogP contribution in [0.15, 0.2) is 35.6 Å². The Morgan fingerprint density at radius 3 is 2.58 bits per heavy atom. The molecule has 66 valence electrons. The van der Waals surface area contributed by atoms with Crippen LogP contribution in [0.3, 0.4) is 0 Å². The van der Waals surface area contributed by atoms with Gasteiger partial charge in [0.25, 0.3) is 0 Å². The third kappa shape index (κ3) is 2.49. The molecule has 0 nitrogen and oxygen atoms in total. The Labute approximate surface area is 76.7 Å². The smallest absolute Gasteiger partial charge is 0.0690 e. The van der Waals surface area contributed by atoms with Crippen molar-refractivity contribution < 1.29 is 0 Å². The maximum absolute atomic E-state index is 3.83. The maximum Gasteiger partial charge on any atom is 0.0690 e. The molecule has 0 saturated carbocycles. The Kier molecular flexibility index (Phi) is 2.73. The van der Waals surface area contributed by atoms with Gasteiger partial charge in [-0.2, -0.15) is 0 Å². The van der Waals surface area contributed by atoms with E-state index < -0.39 is 8.07 Å². The highest BCUT2D eigenvalue weighted by molar-refractivity contribution is 6.81. The third-order valence-electron chi connectivity index (χ3n) is 1.98. The standard InChI is InChI=1S/C11H18Si/c1-5-10-7-6-8-11(10)9-12(2,3)4/h5,7,9H,1,6,8H2,2-4H3/b11-9-. The van der Waals surface area contributed by atoms with E-state index >= 15 is 0 Å². The van der Waals surface area contributed by atoms with E-state index in [-0.39, 0.29) is 0 Å². The van der Waals surface area contributed by atoms with Crippen molar-refractivity contribution in [2.75, 3.05) is 0 Å². The van der Waals surface area contributed by atoms with Crippen LogP contribution in [0.25, 0.3) is 0 Å². The molecule has 0 radical (unpaired) electrons. The minimum atomic E-state index is -1.03. The van der Waals surface area contributed by atoms with Crippen LogP contribution in [-0.4, -0.2) is 8.07 Å². The first kappa shape index (κ1) is 9.52. The van der Waals surface area contributed by atoms with Gasteiger partial charge in [-0.3, -0.25) is 0 Å². The first-order valence-corrected chi connectivity index (χ1v) is 8.15. The first-order valence-electron chi connectivity index (χ1n) is 4.57. The molecule has 0 heterocycles. The topological polar surface area (TPSA) is 0 Å². The summed E-state index contributed by atoms with van der Waals surface area (Å²) in [6.45, 7) is 11.0. The van der Waals surface area contributed by atoms with Crippen LogP contribution in [-0.2, 0) is 0 Å². The molecule has 0 unspecified atom stereocenters. The van der Waals surface area contributed by atoms with Gasteiger partial charge in [-0.1, -0.05) is 44.1 Å². The normalized spacial score (nSPS) is 21.2. The van der Waals surface area contributed by atoms with Crippen LogP contribution in [0.4, 0.5) is 0 Å². The van der Waals surface area contributed by atoms with Gasteiger partial charge in [0.05, 0.1) is 8.07 Å². The highest BCUT2D eigenvalue weighted by Crippen LogP contribution is 2.27. The van der Waals surface area contributed by atoms with Gasteiger partial charge in [0.15, 0.2) is 0 Å². The van der Waals surface area contributed by atoms with Crippen molar-refractivity contribution >= 4 is 8.07 Å². The fraction of sp³-hybridized carbons (Fsp3) is 0.455. The van der Waals surface area contributed by atoms with Gasteiger partial charge < -0.3 is 0 Å². The first-order chi connectivity index (χ1) is 5.53. The Balaban J connectivity index is 2.83. The van der Waals surface area contributed by atoms with Crippen LogP contribution < -0.4 is 0 Å². The van der Waals surface area contributed by atoms with E-state index in [1.165, 1.54) is 24.0 Å². The lowest BCUT2D eigenvalue weighted by molar-refractivity contribution is 1.06. The third-order valence-corrected chi connectivity index (χ3v) is 3.19. The average molecular weight is 178 g/mol. The maximum atomic E-state index is 3.83. The summed E-state index contributed by atoms with van der Waals surface area (Å²) < 4.78 is 0. The Bertz CT molecular complexity index is 238. The summed E-state index contributed by atoms with van der Waals surface area (Å²) in [5, 5.41) is 0. The van der Waals surface area contributed by atoms with Gasteiger partial charge in [0.2, 0.25) is 0 Å². The average Bonchev–Trinajstić information content (AvgIpc) is 2.31. The number of rotatable bonds is 2. The lowest BCUT2D eigenvalue weighted by Crippen LogP contribution is -2.16. The zero-order chi connectivity index (χ0) is 9.19. The molecule has 0 fully saturated rings. The molecule has 1 aliphatic rings. The van der Waals surface area contributed by atoms with Crippen LogP contribution in [0.2, 0.25) is 19.6 Å². The van der Waals surface area contributed by atoms with Crippen LogP contribution in [0.5, 0.6) is 0 Å². The van der Waals surface area contributed by atoms with Gasteiger partial charge in [-0.25, -0.2) is 0 Å². The van der Waals surface area contributed by atoms with Gasteiger partial charge in [-0.05, 0) is 24.0 Å². The van der Waals surface area contributed by atoms with Crippen molar-refractivity contribution in [1.82, 2.24) is 0 Å². The molecular formula is C11H18Si. The zero-order valence-electron chi connectivity index (χ0n) is 8.35. The van der Waals surface area contributed by atoms with Gasteiger partial charge in [0.1, 0.15) is 0 Å². The highest BCUT2D eigenvalue weighted by atomic mass is 28.3. The van der Waals surface area contributed by atoms with Crippen molar-refractivity contribution in [2.45, 2.75) is 32.5 Å². The number of hydrogen-bond donors (Lipinski definition) is 0. The number of hydrogen-bond acceptors (Lipinski definition) is 0. The van der Waals surface area contributed by atoms with E-state index in [1.54, 1.807) is 0 Å². The molecule has 1 aliphatic carbocycles. The molecule has 0 spiro atoms. The van der Waals surface area contributed by atoms with Crippen molar-refractivity contribution in [2.24, 2.45) is 0 Å². The fourth-order valence-corrected chi connectivity index (χ4v) is 2.91. The summed E-state index contributed by atoms with van der Waals surface area (Å²) in [4.78, 5) is 0. The summed E-state index contributed by atoms with van der Waals surface area (Å²) >= 11 is 0. The fourth-order valence-electron chi connectivity index (χ4n) is 1.55. The summed E-state index contributed by atoms with van der Waals surface area (Å²) in [7, 11) is -1.03. The predicted octanol–water partition coefficient (Wildman–Crippen LogP) is 3.70. The molecule has 0 aliphatic heterocycles. The lowest BCUT2D eigenvalue weighted by Gasteiger charge is -2.12. The quantitative estimate of drug-likeness (QED) is 0.566. The summed E-state index contributed by atoms with van der Waals surface area (Å²) in [6, 6.07) is 0. The van der Waals surface area contributed by atoms with E-state index in [9.17, 15) is 0 Å². The largest absolute Gasteiger partial charge is 0.0985 e. The summed E-state index contributed by atoms with van der Waals surface area (Å²) in [5.74, 6) is 0. The van der Waals surface area contributed by atoms with Crippen molar-refractivity contribution in [3.05, 3.63) is 35.6 Å². The van der Waals surface area contributed by atoms with Crippen molar-refractivity contribution in [1.29, 1.82) is 0 Å². The Hall–Kier alpha value is -0.563. The molecule has 0 aromatic carbocycles. The highest BCUT2D eigenvalue weighted by Gasteiger charge is 2.14. The minimum absolute atomic E-state index is 1.03. The SMILES string of the molecule is C=CC1=CCC/C1=C/[Si](C)(C)C. The van der Waals surface area contributed by atoms with Gasteiger partial charge in [-0.15, -0.1) is 0 Å². The second kappa shape index (κ2) is 3.44. The van der Waals surface area contributed by atoms with E-state index in [0.717, 1.165) is 0 Å². The molecule has 0 aromatic rings. The Morgan fingerprint density at radius 2 is 2.08 bits per heavy atom. The van der Waals surface area contributed by atoms with E-state index in [0.29, 0.717) is 0 Å². The summed E-state index contributed by atoms with van der Waals surface area (Å²) in [5.41, 5.74) is 5.40. The van der Waals surface area contributed by atoms with Crippen molar-refractivity contribution in [3.8, 4) is 0 Å². The molecular weight excluding hydrogens is 160 g/mol. The minimum Gasteiger partial charge on any atom is -0.0985 e. The zero-order valence-corrected chi connectivity index (χ0v) is 9.35. The van der Waals surface area contributed by atoms with E-state index in [1.807, 2.05) is 6.08 Å². The van der Waals surface area contributed by atoms with Crippen LogP contribution in [0.1, 0.15) is 12.8 Å². The molecule has 0 bridgehead atoms. The molecule has 0 amide bonds. The Morgan fingerprint density at radius 1 is 1.42 bits per heavy atom. The van der Waals surface area contributed by atoms with Crippen LogP contribution >= 0.6 is 0 Å². The molecule has 1 heteroatoms. The monoisotopic (exact) mass is 178 g/mol. The van der Waals surface area contributed by atoms with Gasteiger partial charge >= 0.3 is 0 Å². The molecule has 12 heavy (non-hydrogen) atoms. The molecule has 0 N–H and O–H groups in total. The predicted molar refractivity (Wildman–Crippen MR) is 58.9 cm³/mol. The van der Waals surface area contributed by atoms with Crippen molar-refractivity contribution in [3.63, 3.8) is 0 Å². The second-order valence-corrected chi connectivity index (χ2v) is 9.46. The van der Waals surface area contributed by atoms with Crippen LogP contribution in [0, 0.1) is 0 Å². The lowest BCUT2D eigenvalue weighted by atomic mass is 10.1. The molecule has 0 aromatic heterocycles. The molecule has 0 saturated heterocycles. The summed E-state index contributed by atoms with van der Waals surface area (Å²) in [6.07, 6.45) is 6.71. The number of allylic oxidation sites excluding steroid dienone is 4. The van der Waals surface area contributed by atoms with E-state index in [2.05, 4.69) is 38.0 Å². The molecule has 0 atom stereocenters. The molecule has 1 rings (SSSR count).